The Morgan fingerprint density at radius 3 is 2.38 bits per heavy atom. The second kappa shape index (κ2) is 10.3. The van der Waals surface area contributed by atoms with Crippen molar-refractivity contribution in [3.05, 3.63) is 35.9 Å². The number of carbonyl (C=O) groups is 3. The zero-order valence-electron chi connectivity index (χ0n) is 13.9. The highest BCUT2D eigenvalue weighted by atomic mass is 16.6. The number of nitrogens with zero attached hydrogens (tertiary/aromatic N) is 1. The number of rotatable bonds is 9. The van der Waals surface area contributed by atoms with Crippen LogP contribution in [-0.2, 0) is 25.7 Å². The standard InChI is InChI=1S/C17H23NO6/c1-13(19)23-11-7-6-10-15(16(20)21)18(2)17(22)24-12-14-8-4-3-5-9-14/h3-5,8-9,15H,6-7,10-12H2,1-2H3,(H,20,21). The largest absolute Gasteiger partial charge is 0.480 e. The summed E-state index contributed by atoms with van der Waals surface area (Å²) < 4.78 is 9.92. The summed E-state index contributed by atoms with van der Waals surface area (Å²) in [7, 11) is 1.40. The number of hydrogen-bond donors (Lipinski definition) is 1. The molecule has 1 N–H and O–H groups in total. The Hall–Kier alpha value is -2.57. The topological polar surface area (TPSA) is 93.1 Å². The Bertz CT molecular complexity index is 545. The Morgan fingerprint density at radius 2 is 1.79 bits per heavy atom. The summed E-state index contributed by atoms with van der Waals surface area (Å²) >= 11 is 0. The molecule has 0 aliphatic heterocycles. The van der Waals surface area contributed by atoms with E-state index in [1.165, 1.54) is 14.0 Å². The van der Waals surface area contributed by atoms with Gasteiger partial charge in [-0.15, -0.1) is 0 Å². The molecule has 132 valence electrons. The molecule has 0 spiro atoms. The van der Waals surface area contributed by atoms with Crippen LogP contribution < -0.4 is 0 Å². The smallest absolute Gasteiger partial charge is 0.410 e. The molecule has 0 fully saturated rings. The van der Waals surface area contributed by atoms with E-state index in [-0.39, 0.29) is 25.6 Å². The van der Waals surface area contributed by atoms with Gasteiger partial charge in [0.15, 0.2) is 0 Å². The predicted molar refractivity (Wildman–Crippen MR) is 86.3 cm³/mol. The van der Waals surface area contributed by atoms with Crippen LogP contribution >= 0.6 is 0 Å². The SMILES string of the molecule is CC(=O)OCCCCC(C(=O)O)N(C)C(=O)OCc1ccccc1. The minimum atomic E-state index is -1.10. The molecular formula is C17H23NO6. The van der Waals surface area contributed by atoms with Gasteiger partial charge in [-0.25, -0.2) is 9.59 Å². The molecule has 0 aliphatic carbocycles. The van der Waals surface area contributed by atoms with E-state index in [9.17, 15) is 19.5 Å². The minimum Gasteiger partial charge on any atom is -0.480 e. The second-order valence-corrected chi connectivity index (χ2v) is 5.34. The number of benzene rings is 1. The van der Waals surface area contributed by atoms with Gasteiger partial charge in [0.25, 0.3) is 0 Å². The maximum atomic E-state index is 12.0. The monoisotopic (exact) mass is 337 g/mol. The number of amides is 1. The maximum Gasteiger partial charge on any atom is 0.410 e. The van der Waals surface area contributed by atoms with Gasteiger partial charge in [-0.3, -0.25) is 9.69 Å². The van der Waals surface area contributed by atoms with E-state index in [1.54, 1.807) is 0 Å². The van der Waals surface area contributed by atoms with Gasteiger partial charge in [-0.2, -0.15) is 0 Å². The number of aliphatic carboxylic acids is 1. The summed E-state index contributed by atoms with van der Waals surface area (Å²) in [5, 5.41) is 9.29. The highest BCUT2D eigenvalue weighted by molar-refractivity contribution is 5.79. The van der Waals surface area contributed by atoms with Gasteiger partial charge in [-0.05, 0) is 24.8 Å². The zero-order chi connectivity index (χ0) is 17.9. The summed E-state index contributed by atoms with van der Waals surface area (Å²) in [6.07, 6.45) is 0.621. The average molecular weight is 337 g/mol. The lowest BCUT2D eigenvalue weighted by Gasteiger charge is -2.24. The number of carbonyl (C=O) groups excluding carboxylic acids is 2. The molecule has 0 aliphatic rings. The van der Waals surface area contributed by atoms with Crippen molar-refractivity contribution >= 4 is 18.0 Å². The van der Waals surface area contributed by atoms with Crippen molar-refractivity contribution in [2.24, 2.45) is 0 Å². The minimum absolute atomic E-state index is 0.0861. The molecule has 0 heterocycles. The molecule has 7 heteroatoms. The zero-order valence-corrected chi connectivity index (χ0v) is 13.9. The van der Waals surface area contributed by atoms with Crippen LogP contribution in [0, 0.1) is 0 Å². The molecule has 7 nitrogen and oxygen atoms in total. The molecule has 1 unspecified atom stereocenters. The number of esters is 1. The molecule has 1 aromatic rings. The molecular weight excluding hydrogens is 314 g/mol. The molecule has 1 atom stereocenters. The van der Waals surface area contributed by atoms with Crippen molar-refractivity contribution in [1.29, 1.82) is 0 Å². The molecule has 0 saturated carbocycles. The van der Waals surface area contributed by atoms with Crippen molar-refractivity contribution in [1.82, 2.24) is 4.90 Å². The molecule has 1 rings (SSSR count). The lowest BCUT2D eigenvalue weighted by atomic mass is 10.1. The van der Waals surface area contributed by atoms with Gasteiger partial charge >= 0.3 is 18.0 Å². The quantitative estimate of drug-likeness (QED) is 0.549. The number of unbranched alkanes of at least 4 members (excludes halogenated alkanes) is 1. The molecule has 0 saturated heterocycles. The first-order valence-corrected chi connectivity index (χ1v) is 7.71. The molecule has 1 amide bonds. The van der Waals surface area contributed by atoms with Gasteiger partial charge in [0.2, 0.25) is 0 Å². The third-order valence-electron chi connectivity index (χ3n) is 3.42. The Morgan fingerprint density at radius 1 is 1.12 bits per heavy atom. The second-order valence-electron chi connectivity index (χ2n) is 5.34. The summed E-state index contributed by atoms with van der Waals surface area (Å²) in [5.74, 6) is -1.46. The van der Waals surface area contributed by atoms with E-state index < -0.39 is 18.1 Å². The maximum absolute atomic E-state index is 12.0. The fraction of sp³-hybridized carbons (Fsp3) is 0.471. The van der Waals surface area contributed by atoms with E-state index in [1.807, 2.05) is 30.3 Å². The Labute approximate surface area is 141 Å². The van der Waals surface area contributed by atoms with Crippen LogP contribution in [0.4, 0.5) is 4.79 Å². The van der Waals surface area contributed by atoms with Gasteiger partial charge in [0.1, 0.15) is 12.6 Å². The summed E-state index contributed by atoms with van der Waals surface area (Å²) in [6, 6.07) is 8.17. The lowest BCUT2D eigenvalue weighted by Crippen LogP contribution is -2.42. The average Bonchev–Trinajstić information content (AvgIpc) is 2.55. The van der Waals surface area contributed by atoms with Gasteiger partial charge in [0.05, 0.1) is 6.61 Å². The number of hydrogen-bond acceptors (Lipinski definition) is 5. The Balaban J connectivity index is 2.43. The van der Waals surface area contributed by atoms with Crippen LogP contribution in [0.5, 0.6) is 0 Å². The third kappa shape index (κ3) is 7.13. The summed E-state index contributed by atoms with van der Waals surface area (Å²) in [5.41, 5.74) is 0.826. The summed E-state index contributed by atoms with van der Waals surface area (Å²) in [4.78, 5) is 35.1. The van der Waals surface area contributed by atoms with Crippen molar-refractivity contribution in [2.75, 3.05) is 13.7 Å². The van der Waals surface area contributed by atoms with Crippen LogP contribution in [0.15, 0.2) is 30.3 Å². The van der Waals surface area contributed by atoms with Crippen LogP contribution in [0.3, 0.4) is 0 Å². The Kier molecular flexibility index (Phi) is 8.32. The number of carboxylic acid groups (broad SMARTS) is 1. The predicted octanol–water partition coefficient (Wildman–Crippen LogP) is 2.44. The lowest BCUT2D eigenvalue weighted by molar-refractivity contribution is -0.143. The van der Waals surface area contributed by atoms with E-state index in [4.69, 9.17) is 9.47 Å². The van der Waals surface area contributed by atoms with E-state index in [0.29, 0.717) is 12.8 Å². The first-order valence-electron chi connectivity index (χ1n) is 7.71. The highest BCUT2D eigenvalue weighted by Crippen LogP contribution is 2.11. The van der Waals surface area contributed by atoms with Gasteiger partial charge in [-0.1, -0.05) is 30.3 Å². The van der Waals surface area contributed by atoms with Crippen LogP contribution in [0.25, 0.3) is 0 Å². The number of ether oxygens (including phenoxy) is 2. The van der Waals surface area contributed by atoms with E-state index >= 15 is 0 Å². The first-order chi connectivity index (χ1) is 11.4. The molecule has 0 bridgehead atoms. The summed E-state index contributed by atoms with van der Waals surface area (Å²) in [6.45, 7) is 1.64. The van der Waals surface area contributed by atoms with Crippen molar-refractivity contribution < 1.29 is 29.0 Å². The fourth-order valence-electron chi connectivity index (χ4n) is 2.09. The number of likely N-dealkylation sites (N-methyl/N-ethyl adjacent to an activating group) is 1. The van der Waals surface area contributed by atoms with Gasteiger partial charge in [0, 0.05) is 14.0 Å². The molecule has 0 radical (unpaired) electrons. The van der Waals surface area contributed by atoms with Crippen LogP contribution in [0.2, 0.25) is 0 Å². The van der Waals surface area contributed by atoms with Crippen molar-refractivity contribution in [2.45, 2.75) is 38.8 Å². The normalized spacial score (nSPS) is 11.4. The third-order valence-corrected chi connectivity index (χ3v) is 3.42. The molecule has 0 aromatic heterocycles. The molecule has 1 aromatic carbocycles. The van der Waals surface area contributed by atoms with E-state index in [2.05, 4.69) is 0 Å². The van der Waals surface area contributed by atoms with Crippen LogP contribution in [-0.4, -0.2) is 47.7 Å². The van der Waals surface area contributed by atoms with E-state index in [0.717, 1.165) is 10.5 Å². The first kappa shape index (κ1) is 19.5. The fourth-order valence-corrected chi connectivity index (χ4v) is 2.09. The van der Waals surface area contributed by atoms with Crippen LogP contribution in [0.1, 0.15) is 31.7 Å². The number of carboxylic acids is 1. The molecule has 24 heavy (non-hydrogen) atoms. The van der Waals surface area contributed by atoms with Crippen molar-refractivity contribution in [3.8, 4) is 0 Å². The van der Waals surface area contributed by atoms with Gasteiger partial charge < -0.3 is 14.6 Å². The van der Waals surface area contributed by atoms with Crippen molar-refractivity contribution in [3.63, 3.8) is 0 Å². The highest BCUT2D eigenvalue weighted by Gasteiger charge is 2.27.